The van der Waals surface area contributed by atoms with Crippen LogP contribution < -0.4 is 19.9 Å². The van der Waals surface area contributed by atoms with Crippen LogP contribution in [0.15, 0.2) is 62.2 Å². The molecule has 44 heavy (non-hydrogen) atoms. The summed E-state index contributed by atoms with van der Waals surface area (Å²) in [6.45, 7) is -1.37. The summed E-state index contributed by atoms with van der Waals surface area (Å²) in [5.74, 6) is -1.84. The number of carboxylic acid groups (broad SMARTS) is 1. The lowest BCUT2D eigenvalue weighted by Crippen LogP contribution is -2.53. The Labute approximate surface area is 259 Å². The van der Waals surface area contributed by atoms with E-state index in [1.165, 1.54) is 24.0 Å². The zero-order valence-corrected chi connectivity index (χ0v) is 25.5. The van der Waals surface area contributed by atoms with Crippen molar-refractivity contribution in [2.75, 3.05) is 32.2 Å². The second-order valence-corrected chi connectivity index (χ2v) is 13.3. The Hall–Kier alpha value is -3.71. The number of hydrogen-bond acceptors (Lipinski definition) is 13. The average molecular weight is 669 g/mol. The largest absolute Gasteiger partial charge is 0.491 e. The van der Waals surface area contributed by atoms with Crippen molar-refractivity contribution in [2.45, 2.75) is 28.1 Å². The minimum Gasteiger partial charge on any atom is -0.491 e. The minimum absolute atomic E-state index is 0.0236. The number of nitrogens with zero attached hydrogens (tertiary/aromatic N) is 4. The number of aromatic nitrogens is 1. The molecule has 1 amide bonds. The topological polar surface area (TPSA) is 215 Å². The number of hydrogen-bond donors (Lipinski definition) is 4. The highest BCUT2D eigenvalue weighted by atomic mass is 32.2. The Morgan fingerprint density at radius 2 is 1.98 bits per heavy atom. The van der Waals surface area contributed by atoms with Crippen molar-refractivity contribution in [3.8, 4) is 11.5 Å². The number of halogens is 1. The van der Waals surface area contributed by atoms with E-state index in [4.69, 9.17) is 14.6 Å². The Kier molecular flexibility index (Phi) is 11.2. The molecule has 14 nitrogen and oxygen atoms in total. The summed E-state index contributed by atoms with van der Waals surface area (Å²) in [7, 11) is -3.99. The first kappa shape index (κ1) is 33.2. The van der Waals surface area contributed by atoms with Gasteiger partial charge in [0, 0.05) is 24.2 Å². The van der Waals surface area contributed by atoms with Gasteiger partial charge in [0.1, 0.15) is 37.4 Å². The zero-order chi connectivity index (χ0) is 31.7. The van der Waals surface area contributed by atoms with Crippen molar-refractivity contribution in [1.82, 2.24) is 10.3 Å². The highest BCUT2D eigenvalue weighted by Crippen LogP contribution is 2.32. The molecule has 3 unspecified atom stereocenters. The highest BCUT2D eigenvalue weighted by Gasteiger charge is 2.46. The molecule has 2 aromatic carbocycles. The van der Waals surface area contributed by atoms with E-state index in [2.05, 4.69) is 25.7 Å². The highest BCUT2D eigenvalue weighted by molar-refractivity contribution is 7.98. The van der Waals surface area contributed by atoms with Crippen LogP contribution in [0, 0.1) is 5.92 Å². The van der Waals surface area contributed by atoms with Crippen LogP contribution >= 0.6 is 23.1 Å². The standard InChI is InChI=1S/C26H29FN6O8S3/c27-7-9-40-17-3-1-2-16(10-17)12-42-13-21(24(36)37)30-23(35)19(6-8-34)26(14-29-33-32-26)15-41-18-4-5-22-20(11-18)31-25(43-22)44(28,38)39/h1-5,10-11,14,19,21,34H,6-9,12-13,15H2,(H,30,35)(H,36,37)(H2,28,38,39). The molecule has 0 bridgehead atoms. The number of sulfonamides is 1. The lowest BCUT2D eigenvalue weighted by atomic mass is 9.83. The summed E-state index contributed by atoms with van der Waals surface area (Å²) in [5, 5.41) is 38.8. The Bertz CT molecular complexity index is 1640. The molecule has 4 rings (SSSR count). The molecule has 5 N–H and O–H groups in total. The number of rotatable bonds is 17. The lowest BCUT2D eigenvalue weighted by Gasteiger charge is -2.30. The first-order valence-corrected chi connectivity index (χ1v) is 16.6. The number of aliphatic carboxylic acids is 1. The SMILES string of the molecule is NS(=O)(=O)c1nc2cc(OCC3(C(CCO)C(=O)NC(CSCc4cccc(OCCF)c4)C(=O)O)C=NN=N3)ccc2s1. The molecule has 0 aliphatic carbocycles. The molecule has 0 saturated carbocycles. The first-order chi connectivity index (χ1) is 21.0. The lowest BCUT2D eigenvalue weighted by molar-refractivity contribution is -0.142. The minimum atomic E-state index is -3.99. The molecule has 1 aliphatic rings. The van der Waals surface area contributed by atoms with Gasteiger partial charge in [-0.1, -0.05) is 12.1 Å². The number of carboxylic acids is 1. The van der Waals surface area contributed by atoms with Gasteiger partial charge in [-0.05, 0) is 41.5 Å². The third-order valence-corrected chi connectivity index (χ3v) is 9.83. The number of thiazole rings is 1. The van der Waals surface area contributed by atoms with Gasteiger partial charge in [-0.15, -0.1) is 16.4 Å². The number of alkyl halides is 1. The van der Waals surface area contributed by atoms with E-state index in [1.54, 1.807) is 30.3 Å². The predicted molar refractivity (Wildman–Crippen MR) is 161 cm³/mol. The van der Waals surface area contributed by atoms with Crippen molar-refractivity contribution in [3.63, 3.8) is 0 Å². The van der Waals surface area contributed by atoms with Crippen molar-refractivity contribution >= 4 is 61.4 Å². The van der Waals surface area contributed by atoms with Crippen molar-refractivity contribution < 1.29 is 42.1 Å². The molecule has 0 radical (unpaired) electrons. The molecule has 2 heterocycles. The van der Waals surface area contributed by atoms with E-state index in [0.29, 0.717) is 21.7 Å². The van der Waals surface area contributed by atoms with Crippen LogP contribution in [0.1, 0.15) is 12.0 Å². The molecule has 0 saturated heterocycles. The van der Waals surface area contributed by atoms with E-state index >= 15 is 0 Å². The third kappa shape index (κ3) is 8.47. The van der Waals surface area contributed by atoms with Crippen LogP contribution in [0.25, 0.3) is 10.2 Å². The normalized spacial score (nSPS) is 17.4. The van der Waals surface area contributed by atoms with Gasteiger partial charge in [0.2, 0.25) is 10.2 Å². The van der Waals surface area contributed by atoms with Crippen LogP contribution in [0.2, 0.25) is 0 Å². The van der Waals surface area contributed by atoms with Gasteiger partial charge in [-0.25, -0.2) is 27.7 Å². The maximum atomic E-state index is 13.5. The van der Waals surface area contributed by atoms with Gasteiger partial charge >= 0.3 is 5.97 Å². The van der Waals surface area contributed by atoms with Gasteiger partial charge in [-0.3, -0.25) is 4.79 Å². The number of aliphatic hydroxyl groups is 1. The Balaban J connectivity index is 1.43. The van der Waals surface area contributed by atoms with Crippen molar-refractivity contribution in [1.29, 1.82) is 0 Å². The van der Waals surface area contributed by atoms with Gasteiger partial charge in [0.05, 0.1) is 22.3 Å². The number of carbonyl (C=O) groups is 2. The summed E-state index contributed by atoms with van der Waals surface area (Å²) in [6, 6.07) is 10.4. The van der Waals surface area contributed by atoms with Crippen molar-refractivity contribution in [3.05, 3.63) is 48.0 Å². The molecule has 18 heteroatoms. The summed E-state index contributed by atoms with van der Waals surface area (Å²) in [4.78, 5) is 29.5. The van der Waals surface area contributed by atoms with E-state index in [0.717, 1.165) is 16.9 Å². The number of aliphatic hydroxyl groups excluding tert-OH is 1. The Morgan fingerprint density at radius 3 is 2.66 bits per heavy atom. The van der Waals surface area contributed by atoms with E-state index < -0.39 is 52.7 Å². The van der Waals surface area contributed by atoms with Crippen LogP contribution in [0.4, 0.5) is 4.39 Å². The van der Waals surface area contributed by atoms with E-state index in [9.17, 15) is 32.6 Å². The Morgan fingerprint density at radius 1 is 1.18 bits per heavy atom. The quantitative estimate of drug-likeness (QED) is 0.165. The second-order valence-electron chi connectivity index (χ2n) is 9.53. The van der Waals surface area contributed by atoms with Crippen LogP contribution in [-0.2, 0) is 25.4 Å². The van der Waals surface area contributed by atoms with Crippen molar-refractivity contribution in [2.24, 2.45) is 26.5 Å². The third-order valence-electron chi connectivity index (χ3n) is 6.37. The fourth-order valence-electron chi connectivity index (χ4n) is 4.24. The average Bonchev–Trinajstić information content (AvgIpc) is 3.65. The summed E-state index contributed by atoms with van der Waals surface area (Å²) in [5.41, 5.74) is -0.306. The maximum Gasteiger partial charge on any atom is 0.327 e. The van der Waals surface area contributed by atoms with Crippen LogP contribution in [0.5, 0.6) is 11.5 Å². The van der Waals surface area contributed by atoms with Gasteiger partial charge < -0.3 is 25.0 Å². The fourth-order valence-corrected chi connectivity index (χ4v) is 6.88. The van der Waals surface area contributed by atoms with Gasteiger partial charge in [-0.2, -0.15) is 16.9 Å². The molecule has 0 fully saturated rings. The zero-order valence-electron chi connectivity index (χ0n) is 23.0. The smallest absolute Gasteiger partial charge is 0.327 e. The second kappa shape index (κ2) is 14.8. The monoisotopic (exact) mass is 668 g/mol. The summed E-state index contributed by atoms with van der Waals surface area (Å²) < 4.78 is 47.2. The van der Waals surface area contributed by atoms with E-state index in [1.807, 2.05) is 6.07 Å². The van der Waals surface area contributed by atoms with Gasteiger partial charge in [0.25, 0.3) is 10.0 Å². The van der Waals surface area contributed by atoms with Gasteiger partial charge in [0.15, 0.2) is 5.54 Å². The van der Waals surface area contributed by atoms with Crippen LogP contribution in [0.3, 0.4) is 0 Å². The molecule has 3 atom stereocenters. The number of nitrogens with one attached hydrogen (secondary N) is 1. The molecular formula is C26H29FN6O8S3. The first-order valence-electron chi connectivity index (χ1n) is 13.1. The maximum absolute atomic E-state index is 13.5. The molecule has 0 spiro atoms. The number of benzene rings is 2. The number of ether oxygens (including phenoxy) is 2. The molecular weight excluding hydrogens is 640 g/mol. The summed E-state index contributed by atoms with van der Waals surface area (Å²) >= 11 is 2.17. The fraction of sp³-hybridized carbons (Fsp3) is 0.385. The predicted octanol–water partition coefficient (Wildman–Crippen LogP) is 2.36. The number of thioether (sulfide) groups is 1. The number of primary sulfonamides is 1. The molecule has 1 aliphatic heterocycles. The summed E-state index contributed by atoms with van der Waals surface area (Å²) in [6.07, 6.45) is 1.20. The number of fused-ring (bicyclic) bond motifs is 1. The van der Waals surface area contributed by atoms with Crippen LogP contribution in [-0.4, -0.2) is 85.5 Å². The number of nitrogens with two attached hydrogens (primary N) is 1. The van der Waals surface area contributed by atoms with E-state index in [-0.39, 0.29) is 35.5 Å². The number of amides is 1. The molecule has 236 valence electrons. The molecule has 3 aromatic rings. The molecule has 1 aromatic heterocycles. The number of carbonyl (C=O) groups excluding carboxylic acids is 1.